The monoisotopic (exact) mass is 410 g/mol. The molecule has 0 bridgehead atoms. The maximum absolute atomic E-state index is 13.7. The molecule has 0 fully saturated rings. The molecule has 0 aliphatic rings. The average Bonchev–Trinajstić information content (AvgIpc) is 2.66. The molecule has 28 heavy (non-hydrogen) atoms. The molecule has 0 saturated carbocycles. The summed E-state index contributed by atoms with van der Waals surface area (Å²) in [4.78, 5) is 4.42. The van der Waals surface area contributed by atoms with Gasteiger partial charge in [-0.05, 0) is 43.3 Å². The number of guanidine groups is 1. The lowest BCUT2D eigenvalue weighted by atomic mass is 10.1. The third kappa shape index (κ3) is 6.90. The van der Waals surface area contributed by atoms with Gasteiger partial charge in [0, 0.05) is 18.7 Å². The van der Waals surface area contributed by atoms with E-state index >= 15 is 0 Å². The van der Waals surface area contributed by atoms with Crippen LogP contribution in [-0.4, -0.2) is 28.0 Å². The second-order valence-electron chi connectivity index (χ2n) is 6.07. The Kier molecular flexibility index (Phi) is 7.89. The van der Waals surface area contributed by atoms with E-state index in [-0.39, 0.29) is 17.9 Å². The molecule has 6 nitrogen and oxygen atoms in total. The Hall–Kier alpha value is -2.52. The van der Waals surface area contributed by atoms with Crippen LogP contribution in [-0.2, 0) is 28.9 Å². The zero-order valence-corrected chi connectivity index (χ0v) is 16.6. The van der Waals surface area contributed by atoms with Crippen molar-refractivity contribution in [2.24, 2.45) is 4.99 Å². The van der Waals surface area contributed by atoms with E-state index in [0.717, 1.165) is 23.8 Å². The van der Waals surface area contributed by atoms with E-state index in [2.05, 4.69) is 20.3 Å². The van der Waals surface area contributed by atoms with Crippen LogP contribution in [0.4, 0.5) is 8.78 Å². The van der Waals surface area contributed by atoms with Crippen molar-refractivity contribution in [1.82, 2.24) is 15.4 Å². The molecule has 0 saturated heterocycles. The largest absolute Gasteiger partial charge is 0.357 e. The standard InChI is InChI=1S/C19H24F2N4O2S/c1-3-23-19(25-12-16-10-17(20)7-8-18(16)21)24-11-14-5-4-6-15(9-14)13-28(26,27)22-2/h4-10,22H,3,11-13H2,1-2H3,(H2,23,24,25). The fourth-order valence-corrected chi connectivity index (χ4v) is 3.24. The molecule has 2 rings (SSSR count). The molecule has 2 aromatic rings. The summed E-state index contributed by atoms with van der Waals surface area (Å²) >= 11 is 0. The fourth-order valence-electron chi connectivity index (χ4n) is 2.48. The molecule has 0 aliphatic carbocycles. The Morgan fingerprint density at radius 1 is 1.07 bits per heavy atom. The molecular weight excluding hydrogens is 386 g/mol. The first-order chi connectivity index (χ1) is 13.3. The summed E-state index contributed by atoms with van der Waals surface area (Å²) in [5.74, 6) is -0.672. The van der Waals surface area contributed by atoms with Crippen LogP contribution in [0.15, 0.2) is 47.5 Å². The van der Waals surface area contributed by atoms with Gasteiger partial charge in [-0.2, -0.15) is 0 Å². The van der Waals surface area contributed by atoms with Crippen LogP contribution in [0.5, 0.6) is 0 Å². The van der Waals surface area contributed by atoms with Gasteiger partial charge in [0.15, 0.2) is 5.96 Å². The molecule has 9 heteroatoms. The zero-order chi connectivity index (χ0) is 20.6. The maximum atomic E-state index is 13.7. The second-order valence-corrected chi connectivity index (χ2v) is 7.99. The van der Waals surface area contributed by atoms with Gasteiger partial charge >= 0.3 is 0 Å². The highest BCUT2D eigenvalue weighted by molar-refractivity contribution is 7.88. The lowest BCUT2D eigenvalue weighted by molar-refractivity contribution is 0.581. The van der Waals surface area contributed by atoms with Crippen LogP contribution >= 0.6 is 0 Å². The van der Waals surface area contributed by atoms with Crippen LogP contribution in [0, 0.1) is 11.6 Å². The molecule has 0 unspecified atom stereocenters. The SMILES string of the molecule is CCNC(=NCc1cccc(CS(=O)(=O)NC)c1)NCc1cc(F)ccc1F. The van der Waals surface area contributed by atoms with Crippen molar-refractivity contribution in [3.05, 3.63) is 70.8 Å². The number of benzene rings is 2. The van der Waals surface area contributed by atoms with Gasteiger partial charge < -0.3 is 10.6 Å². The number of rotatable bonds is 8. The summed E-state index contributed by atoms with van der Waals surface area (Å²) in [7, 11) is -1.98. The van der Waals surface area contributed by atoms with Gasteiger partial charge in [0.2, 0.25) is 10.0 Å². The highest BCUT2D eigenvalue weighted by Gasteiger charge is 2.09. The number of aliphatic imine (C=N–C) groups is 1. The lowest BCUT2D eigenvalue weighted by Gasteiger charge is -2.12. The van der Waals surface area contributed by atoms with E-state index in [1.807, 2.05) is 13.0 Å². The second kappa shape index (κ2) is 10.1. The smallest absolute Gasteiger partial charge is 0.215 e. The van der Waals surface area contributed by atoms with Crippen LogP contribution < -0.4 is 15.4 Å². The maximum Gasteiger partial charge on any atom is 0.215 e. The molecule has 152 valence electrons. The van der Waals surface area contributed by atoms with E-state index in [9.17, 15) is 17.2 Å². The Morgan fingerprint density at radius 2 is 1.82 bits per heavy atom. The summed E-state index contributed by atoms with van der Waals surface area (Å²) < 4.78 is 52.7. The van der Waals surface area contributed by atoms with Crippen molar-refractivity contribution < 1.29 is 17.2 Å². The third-order valence-corrected chi connectivity index (χ3v) is 5.21. The van der Waals surface area contributed by atoms with Crippen molar-refractivity contribution in [2.75, 3.05) is 13.6 Å². The van der Waals surface area contributed by atoms with E-state index < -0.39 is 21.7 Å². The molecule has 0 aliphatic heterocycles. The molecule has 0 aromatic heterocycles. The quantitative estimate of drug-likeness (QED) is 0.461. The van der Waals surface area contributed by atoms with Crippen LogP contribution in [0.25, 0.3) is 0 Å². The van der Waals surface area contributed by atoms with Crippen molar-refractivity contribution in [2.45, 2.75) is 25.8 Å². The number of hydrogen-bond acceptors (Lipinski definition) is 3. The van der Waals surface area contributed by atoms with E-state index in [4.69, 9.17) is 0 Å². The van der Waals surface area contributed by atoms with Crippen LogP contribution in [0.1, 0.15) is 23.6 Å². The number of nitrogens with zero attached hydrogens (tertiary/aromatic N) is 1. The minimum Gasteiger partial charge on any atom is -0.357 e. The van der Waals surface area contributed by atoms with Gasteiger partial charge in [-0.25, -0.2) is 26.9 Å². The van der Waals surface area contributed by atoms with E-state index in [0.29, 0.717) is 24.6 Å². The number of sulfonamides is 1. The molecule has 0 atom stereocenters. The summed E-state index contributed by atoms with van der Waals surface area (Å²) in [6.45, 7) is 2.87. The van der Waals surface area contributed by atoms with Crippen molar-refractivity contribution in [3.8, 4) is 0 Å². The topological polar surface area (TPSA) is 82.6 Å². The zero-order valence-electron chi connectivity index (χ0n) is 15.8. The van der Waals surface area contributed by atoms with Gasteiger partial charge in [0.25, 0.3) is 0 Å². The van der Waals surface area contributed by atoms with E-state index in [1.165, 1.54) is 7.05 Å². The van der Waals surface area contributed by atoms with Gasteiger partial charge in [0.1, 0.15) is 11.6 Å². The minimum atomic E-state index is -3.35. The Morgan fingerprint density at radius 3 is 2.54 bits per heavy atom. The lowest BCUT2D eigenvalue weighted by Crippen LogP contribution is -2.37. The Balaban J connectivity index is 2.07. The third-order valence-electron chi connectivity index (χ3n) is 3.88. The van der Waals surface area contributed by atoms with Gasteiger partial charge in [-0.3, -0.25) is 0 Å². The minimum absolute atomic E-state index is 0.0792. The molecule has 2 aromatic carbocycles. The number of nitrogens with one attached hydrogen (secondary N) is 3. The molecular formula is C19H24F2N4O2S. The Bertz CT molecular complexity index is 933. The van der Waals surface area contributed by atoms with Crippen LogP contribution in [0.3, 0.4) is 0 Å². The van der Waals surface area contributed by atoms with Crippen molar-refractivity contribution >= 4 is 16.0 Å². The Labute approximate surface area is 164 Å². The molecule has 3 N–H and O–H groups in total. The highest BCUT2D eigenvalue weighted by atomic mass is 32.2. The van der Waals surface area contributed by atoms with Crippen molar-refractivity contribution in [3.63, 3.8) is 0 Å². The van der Waals surface area contributed by atoms with Gasteiger partial charge in [-0.1, -0.05) is 24.3 Å². The predicted molar refractivity (Wildman–Crippen MR) is 106 cm³/mol. The predicted octanol–water partition coefficient (Wildman–Crippen LogP) is 2.27. The summed E-state index contributed by atoms with van der Waals surface area (Å²) in [5.41, 5.74) is 1.68. The summed E-state index contributed by atoms with van der Waals surface area (Å²) in [5, 5.41) is 6.00. The van der Waals surface area contributed by atoms with E-state index in [1.54, 1.807) is 18.2 Å². The van der Waals surface area contributed by atoms with Gasteiger partial charge in [-0.15, -0.1) is 0 Å². The first-order valence-corrected chi connectivity index (χ1v) is 10.4. The molecule has 0 heterocycles. The first kappa shape index (κ1) is 21.8. The van der Waals surface area contributed by atoms with Crippen LogP contribution in [0.2, 0.25) is 0 Å². The highest BCUT2D eigenvalue weighted by Crippen LogP contribution is 2.11. The number of halogens is 2. The summed E-state index contributed by atoms with van der Waals surface area (Å²) in [6.07, 6.45) is 0. The summed E-state index contributed by atoms with van der Waals surface area (Å²) in [6, 6.07) is 10.4. The normalized spacial score (nSPS) is 12.1. The number of hydrogen-bond donors (Lipinski definition) is 3. The van der Waals surface area contributed by atoms with Crippen molar-refractivity contribution in [1.29, 1.82) is 0 Å². The fraction of sp³-hybridized carbons (Fsp3) is 0.316. The van der Waals surface area contributed by atoms with Gasteiger partial charge in [0.05, 0.1) is 12.3 Å². The average molecular weight is 410 g/mol. The molecule has 0 spiro atoms. The first-order valence-electron chi connectivity index (χ1n) is 8.78. The molecule has 0 amide bonds. The molecule has 0 radical (unpaired) electrons.